The molecular weight excluding hydrogens is 615 g/mol. The molecule has 1 heterocycles. The lowest BCUT2D eigenvalue weighted by molar-refractivity contribution is -0.121. The Morgan fingerprint density at radius 2 is 1.84 bits per heavy atom. The maximum atomic E-state index is 12.9. The zero-order valence-corrected chi connectivity index (χ0v) is 24.1. The van der Waals surface area contributed by atoms with E-state index in [1.165, 1.54) is 28.8 Å². The number of carboxylic acids is 1. The molecule has 1 aliphatic heterocycles. The van der Waals surface area contributed by atoms with Gasteiger partial charge in [-0.2, -0.15) is 0 Å². The summed E-state index contributed by atoms with van der Waals surface area (Å²) < 4.78 is 12.5. The largest absolute Gasteiger partial charge is 0.490 e. The number of hydrogen-bond donors (Lipinski definition) is 1. The lowest BCUT2D eigenvalue weighted by Crippen LogP contribution is -2.23. The molecule has 0 aromatic heterocycles. The topological polar surface area (TPSA) is 88.4 Å². The van der Waals surface area contributed by atoms with Gasteiger partial charge in [-0.25, -0.2) is 9.79 Å². The van der Waals surface area contributed by atoms with Crippen LogP contribution in [0.4, 0.5) is 5.69 Å². The summed E-state index contributed by atoms with van der Waals surface area (Å²) in [5, 5.41) is 10.5. The average molecular weight is 636 g/mol. The molecule has 0 aliphatic carbocycles. The molecule has 1 saturated heterocycles. The summed E-state index contributed by atoms with van der Waals surface area (Å²) in [4.78, 5) is 30.4. The van der Waals surface area contributed by atoms with Crippen LogP contribution in [-0.2, 0) is 11.4 Å². The Bertz CT molecular complexity index is 1460. The molecule has 3 aromatic rings. The smallest absolute Gasteiger partial charge is 0.335 e. The van der Waals surface area contributed by atoms with Crippen LogP contribution in [0.3, 0.4) is 0 Å². The van der Waals surface area contributed by atoms with Crippen molar-refractivity contribution in [1.29, 1.82) is 0 Å². The second-order valence-corrected chi connectivity index (χ2v) is 10.7. The number of nitrogens with zero attached hydrogens (tertiary/aromatic N) is 2. The molecule has 196 valence electrons. The monoisotopic (exact) mass is 634 g/mol. The molecule has 0 spiro atoms. The molecule has 11 heteroatoms. The van der Waals surface area contributed by atoms with E-state index >= 15 is 0 Å². The van der Waals surface area contributed by atoms with Gasteiger partial charge in [-0.1, -0.05) is 29.3 Å². The fourth-order valence-corrected chi connectivity index (χ4v) is 5.33. The zero-order chi connectivity index (χ0) is 27.4. The van der Waals surface area contributed by atoms with E-state index in [4.69, 9.17) is 37.8 Å². The Hall–Kier alpha value is -2.98. The Kier molecular flexibility index (Phi) is 9.04. The van der Waals surface area contributed by atoms with Gasteiger partial charge in [0.05, 0.1) is 37.3 Å². The average Bonchev–Trinajstić information content (AvgIpc) is 3.13. The molecule has 0 unspecified atom stereocenters. The number of amides is 1. The second kappa shape index (κ2) is 12.3. The molecular formula is C27H21BrCl2N2O5S. The first kappa shape index (κ1) is 28.0. The highest BCUT2D eigenvalue weighted by molar-refractivity contribution is 9.10. The fraction of sp³-hybridized carbons (Fsp3) is 0.148. The Balaban J connectivity index is 1.57. The van der Waals surface area contributed by atoms with Gasteiger partial charge < -0.3 is 14.6 Å². The minimum Gasteiger partial charge on any atom is -0.490 e. The van der Waals surface area contributed by atoms with Gasteiger partial charge in [0, 0.05) is 7.05 Å². The van der Waals surface area contributed by atoms with E-state index in [2.05, 4.69) is 20.9 Å². The number of aromatic carboxylic acids is 1. The maximum absolute atomic E-state index is 12.9. The number of carboxylic acid groups (broad SMARTS) is 1. The van der Waals surface area contributed by atoms with Gasteiger partial charge in [-0.3, -0.25) is 9.69 Å². The highest BCUT2D eigenvalue weighted by Gasteiger charge is 2.30. The summed E-state index contributed by atoms with van der Waals surface area (Å²) in [7, 11) is 1.64. The highest BCUT2D eigenvalue weighted by Crippen LogP contribution is 2.40. The van der Waals surface area contributed by atoms with Crippen molar-refractivity contribution in [2.75, 3.05) is 13.7 Å². The number of halogens is 3. The van der Waals surface area contributed by atoms with Crippen molar-refractivity contribution in [2.24, 2.45) is 4.99 Å². The minimum absolute atomic E-state index is 0.165. The highest BCUT2D eigenvalue weighted by atomic mass is 79.9. The quantitative estimate of drug-likeness (QED) is 0.256. The van der Waals surface area contributed by atoms with Crippen molar-refractivity contribution in [2.45, 2.75) is 13.5 Å². The number of ether oxygens (including phenoxy) is 2. The van der Waals surface area contributed by atoms with E-state index in [0.29, 0.717) is 48.4 Å². The summed E-state index contributed by atoms with van der Waals surface area (Å²) in [5.74, 6) is -0.176. The lowest BCUT2D eigenvalue weighted by atomic mass is 10.1. The van der Waals surface area contributed by atoms with Crippen LogP contribution in [0.25, 0.3) is 6.08 Å². The van der Waals surface area contributed by atoms with Gasteiger partial charge in [0.25, 0.3) is 5.91 Å². The molecule has 1 fully saturated rings. The summed E-state index contributed by atoms with van der Waals surface area (Å²) in [5.41, 5.74) is 2.29. The van der Waals surface area contributed by atoms with E-state index in [1.807, 2.05) is 19.1 Å². The second-order valence-electron chi connectivity index (χ2n) is 8.02. The van der Waals surface area contributed by atoms with Crippen LogP contribution >= 0.6 is 50.9 Å². The molecule has 0 saturated carbocycles. The van der Waals surface area contributed by atoms with Crippen molar-refractivity contribution < 1.29 is 24.2 Å². The first-order chi connectivity index (χ1) is 18.2. The number of hydrogen-bond acceptors (Lipinski definition) is 6. The minimum atomic E-state index is -1.01. The molecule has 0 atom stereocenters. The van der Waals surface area contributed by atoms with Gasteiger partial charge >= 0.3 is 5.97 Å². The predicted molar refractivity (Wildman–Crippen MR) is 155 cm³/mol. The summed E-state index contributed by atoms with van der Waals surface area (Å²) in [6.07, 6.45) is 1.76. The molecule has 0 bridgehead atoms. The number of aliphatic imine (C=N–C) groups is 1. The van der Waals surface area contributed by atoms with Crippen molar-refractivity contribution in [3.63, 3.8) is 0 Å². The first-order valence-electron chi connectivity index (χ1n) is 11.3. The van der Waals surface area contributed by atoms with Crippen LogP contribution in [0.5, 0.6) is 11.5 Å². The number of carbonyl (C=O) groups excluding carboxylic acids is 1. The van der Waals surface area contributed by atoms with Crippen molar-refractivity contribution in [3.05, 3.63) is 90.7 Å². The van der Waals surface area contributed by atoms with E-state index < -0.39 is 5.97 Å². The summed E-state index contributed by atoms with van der Waals surface area (Å²) >= 11 is 16.9. The molecule has 7 nitrogen and oxygen atoms in total. The number of carbonyl (C=O) groups is 2. The van der Waals surface area contributed by atoms with Crippen LogP contribution in [0, 0.1) is 0 Å². The third-order valence-corrected chi connectivity index (χ3v) is 7.73. The van der Waals surface area contributed by atoms with Crippen LogP contribution in [0.1, 0.15) is 28.4 Å². The van der Waals surface area contributed by atoms with Crippen molar-refractivity contribution >= 4 is 79.7 Å². The molecule has 1 aliphatic rings. The van der Waals surface area contributed by atoms with Crippen LogP contribution < -0.4 is 9.47 Å². The van der Waals surface area contributed by atoms with Crippen LogP contribution in [-0.4, -0.2) is 40.7 Å². The molecule has 1 N–H and O–H groups in total. The molecule has 4 rings (SSSR count). The van der Waals surface area contributed by atoms with E-state index in [1.54, 1.807) is 43.5 Å². The van der Waals surface area contributed by atoms with E-state index in [0.717, 1.165) is 11.1 Å². The maximum Gasteiger partial charge on any atom is 0.335 e. The Morgan fingerprint density at radius 3 is 2.50 bits per heavy atom. The van der Waals surface area contributed by atoms with Crippen molar-refractivity contribution in [1.82, 2.24) is 4.90 Å². The van der Waals surface area contributed by atoms with Gasteiger partial charge in [0.2, 0.25) is 0 Å². The van der Waals surface area contributed by atoms with E-state index in [-0.39, 0.29) is 18.1 Å². The Labute approximate surface area is 242 Å². The van der Waals surface area contributed by atoms with Gasteiger partial charge in [0.15, 0.2) is 16.7 Å². The normalized spacial score (nSPS) is 15.4. The van der Waals surface area contributed by atoms with Gasteiger partial charge in [-0.15, -0.1) is 0 Å². The van der Waals surface area contributed by atoms with Crippen LogP contribution in [0.15, 0.2) is 69.0 Å². The van der Waals surface area contributed by atoms with Crippen LogP contribution in [0.2, 0.25) is 10.0 Å². The molecule has 3 aromatic carbocycles. The SMILES string of the molecule is CCOc1cc(/C=C2\SC(=Nc3ccc(C(=O)O)cc3)N(C)C2=O)cc(Br)c1OCc1ccc(Cl)c(Cl)c1. The number of rotatable bonds is 8. The number of benzene rings is 3. The standard InChI is InChI=1S/C27H21BrCl2N2O5S/c1-3-36-22-12-16(10-19(28)24(22)37-14-15-4-9-20(29)21(30)11-15)13-23-25(33)32(2)27(38-23)31-18-7-5-17(6-8-18)26(34)35/h4-13H,3,14H2,1-2H3,(H,34,35)/b23-13-,31-27?. The van der Waals surface area contributed by atoms with E-state index in [9.17, 15) is 9.59 Å². The van der Waals surface area contributed by atoms with Gasteiger partial charge in [0.1, 0.15) is 6.61 Å². The van der Waals surface area contributed by atoms with Gasteiger partial charge in [-0.05, 0) is 100 Å². The summed E-state index contributed by atoms with van der Waals surface area (Å²) in [6.45, 7) is 2.55. The number of thioether (sulfide) groups is 1. The summed E-state index contributed by atoms with van der Waals surface area (Å²) in [6, 6.07) is 15.1. The third kappa shape index (κ3) is 6.53. The molecule has 1 amide bonds. The fourth-order valence-electron chi connectivity index (χ4n) is 3.45. The predicted octanol–water partition coefficient (Wildman–Crippen LogP) is 7.67. The molecule has 38 heavy (non-hydrogen) atoms. The van der Waals surface area contributed by atoms with Crippen molar-refractivity contribution in [3.8, 4) is 11.5 Å². The number of amidine groups is 1. The zero-order valence-electron chi connectivity index (χ0n) is 20.2. The number of likely N-dealkylation sites (N-methyl/N-ethyl adjacent to an activating group) is 1. The Morgan fingerprint density at radius 1 is 1.11 bits per heavy atom. The molecule has 0 radical (unpaired) electrons. The lowest BCUT2D eigenvalue weighted by Gasteiger charge is -2.15. The first-order valence-corrected chi connectivity index (χ1v) is 13.7. The third-order valence-electron chi connectivity index (χ3n) is 5.34.